The zero-order chi connectivity index (χ0) is 24.0. The number of nitrogens with zero attached hydrogens (tertiary/aromatic N) is 4. The molecule has 0 atom stereocenters. The average Bonchev–Trinajstić information content (AvgIpc) is 3.28. The first-order valence-electron chi connectivity index (χ1n) is 11.0. The third kappa shape index (κ3) is 5.63. The van der Waals surface area contributed by atoms with Gasteiger partial charge < -0.3 is 14.5 Å². The largest absolute Gasteiger partial charge is 0.419 e. The van der Waals surface area contributed by atoms with Gasteiger partial charge in [0.05, 0.1) is 18.1 Å². The summed E-state index contributed by atoms with van der Waals surface area (Å²) in [7, 11) is -2.11. The summed E-state index contributed by atoms with van der Waals surface area (Å²) in [5.41, 5.74) is 1.65. The Kier molecular flexibility index (Phi) is 7.59. The molecule has 178 valence electrons. The molecule has 1 saturated heterocycles. The lowest BCUT2D eigenvalue weighted by molar-refractivity contribution is 0.0398. The minimum absolute atomic E-state index is 0.163. The van der Waals surface area contributed by atoms with Crippen LogP contribution >= 0.6 is 0 Å². The lowest BCUT2D eigenvalue weighted by Crippen LogP contribution is -2.39. The van der Waals surface area contributed by atoms with Crippen molar-refractivity contribution in [2.45, 2.75) is 11.4 Å². The van der Waals surface area contributed by atoms with Crippen LogP contribution in [0.3, 0.4) is 0 Å². The van der Waals surface area contributed by atoms with Crippen molar-refractivity contribution in [2.75, 3.05) is 51.8 Å². The number of hydrogen-bond acceptors (Lipinski definition) is 8. The Balaban J connectivity index is 1.43. The summed E-state index contributed by atoms with van der Waals surface area (Å²) in [6.45, 7) is 4.89. The number of morpholine rings is 1. The molecule has 0 amide bonds. The van der Waals surface area contributed by atoms with Crippen molar-refractivity contribution in [3.8, 4) is 17.5 Å². The molecule has 0 bridgehead atoms. The van der Waals surface area contributed by atoms with Crippen LogP contribution in [0.15, 0.2) is 63.9 Å². The van der Waals surface area contributed by atoms with Gasteiger partial charge in [-0.1, -0.05) is 30.3 Å². The summed E-state index contributed by atoms with van der Waals surface area (Å²) < 4.78 is 38.4. The monoisotopic (exact) mass is 481 g/mol. The third-order valence-electron chi connectivity index (χ3n) is 5.61. The van der Waals surface area contributed by atoms with E-state index in [0.29, 0.717) is 18.0 Å². The van der Waals surface area contributed by atoms with Crippen LogP contribution < -0.4 is 5.32 Å². The fraction of sp³-hybridized carbons (Fsp3) is 0.333. The lowest BCUT2D eigenvalue weighted by Gasteiger charge is -2.26. The summed E-state index contributed by atoms with van der Waals surface area (Å²) in [6.07, 6.45) is 0. The van der Waals surface area contributed by atoms with E-state index < -0.39 is 10.0 Å². The standard InChI is InChI=1S/C24H27N5O4S/c1-28(18-19-5-3-2-4-6-19)34(30,31)21-9-7-20(8-10-21)23-27-22(17-25)24(33-23)26-11-12-29-13-15-32-16-14-29/h2-10,26H,11-16,18H2,1H3. The predicted octanol–water partition coefficient (Wildman–Crippen LogP) is 2.78. The predicted molar refractivity (Wildman–Crippen MR) is 127 cm³/mol. The highest BCUT2D eigenvalue weighted by molar-refractivity contribution is 7.89. The molecule has 0 spiro atoms. The Hall–Kier alpha value is -3.23. The van der Waals surface area contributed by atoms with E-state index in [4.69, 9.17) is 9.15 Å². The van der Waals surface area contributed by atoms with Gasteiger partial charge >= 0.3 is 0 Å². The average molecular weight is 482 g/mol. The molecule has 9 nitrogen and oxygen atoms in total. The SMILES string of the molecule is CN(Cc1ccccc1)S(=O)(=O)c1ccc(-c2nc(C#N)c(NCCN3CCOCC3)o2)cc1. The number of sulfonamides is 1. The van der Waals surface area contributed by atoms with Gasteiger partial charge in [-0.05, 0) is 29.8 Å². The zero-order valence-corrected chi connectivity index (χ0v) is 19.8. The maximum atomic E-state index is 13.0. The topological polar surface area (TPSA) is 112 Å². The van der Waals surface area contributed by atoms with E-state index in [-0.39, 0.29) is 23.0 Å². The van der Waals surface area contributed by atoms with Crippen LogP contribution in [-0.4, -0.2) is 69.0 Å². The molecule has 2 aromatic carbocycles. The zero-order valence-electron chi connectivity index (χ0n) is 19.0. The highest BCUT2D eigenvalue weighted by Crippen LogP contribution is 2.27. The minimum atomic E-state index is -3.66. The van der Waals surface area contributed by atoms with Gasteiger partial charge in [0.15, 0.2) is 0 Å². The fourth-order valence-electron chi connectivity index (χ4n) is 3.67. The molecular formula is C24H27N5O4S. The van der Waals surface area contributed by atoms with Crippen LogP contribution in [0, 0.1) is 11.3 Å². The summed E-state index contributed by atoms with van der Waals surface area (Å²) in [6, 6.07) is 17.8. The number of hydrogen-bond donors (Lipinski definition) is 1. The van der Waals surface area contributed by atoms with E-state index in [0.717, 1.165) is 38.4 Å². The van der Waals surface area contributed by atoms with Gasteiger partial charge in [-0.2, -0.15) is 14.6 Å². The summed E-state index contributed by atoms with van der Waals surface area (Å²) in [4.78, 5) is 6.71. The molecule has 0 aliphatic carbocycles. The number of ether oxygens (including phenoxy) is 1. The van der Waals surface area contributed by atoms with Crippen LogP contribution in [0.5, 0.6) is 0 Å². The Morgan fingerprint density at radius 2 is 1.82 bits per heavy atom. The normalized spacial score (nSPS) is 14.7. The maximum absolute atomic E-state index is 13.0. The molecule has 10 heteroatoms. The van der Waals surface area contributed by atoms with E-state index in [1.54, 1.807) is 19.2 Å². The number of nitriles is 1. The van der Waals surface area contributed by atoms with Crippen molar-refractivity contribution >= 4 is 15.9 Å². The van der Waals surface area contributed by atoms with Gasteiger partial charge in [0.25, 0.3) is 0 Å². The summed E-state index contributed by atoms with van der Waals surface area (Å²) >= 11 is 0. The van der Waals surface area contributed by atoms with Crippen molar-refractivity contribution in [2.24, 2.45) is 0 Å². The highest BCUT2D eigenvalue weighted by Gasteiger charge is 2.22. The lowest BCUT2D eigenvalue weighted by atomic mass is 10.2. The molecule has 0 saturated carbocycles. The van der Waals surface area contributed by atoms with Crippen LogP contribution in [-0.2, 0) is 21.3 Å². The Bertz CT molecular complexity index is 1230. The number of rotatable bonds is 9. The number of anilines is 1. The number of nitrogens with one attached hydrogen (secondary N) is 1. The smallest absolute Gasteiger partial charge is 0.243 e. The van der Waals surface area contributed by atoms with Crippen LogP contribution in [0.25, 0.3) is 11.5 Å². The van der Waals surface area contributed by atoms with Gasteiger partial charge in [0, 0.05) is 45.3 Å². The molecule has 2 heterocycles. The van der Waals surface area contributed by atoms with Gasteiger partial charge in [0.2, 0.25) is 27.5 Å². The highest BCUT2D eigenvalue weighted by atomic mass is 32.2. The second-order valence-electron chi connectivity index (χ2n) is 7.96. The molecule has 4 rings (SSSR count). The van der Waals surface area contributed by atoms with Gasteiger partial charge in [-0.3, -0.25) is 4.90 Å². The van der Waals surface area contributed by atoms with E-state index in [1.165, 1.54) is 16.4 Å². The first kappa shape index (κ1) is 23.9. The molecule has 1 aromatic heterocycles. The van der Waals surface area contributed by atoms with Gasteiger partial charge in [-0.15, -0.1) is 0 Å². The first-order chi connectivity index (χ1) is 16.5. The Labute approximate surface area is 199 Å². The molecule has 1 aliphatic rings. The number of benzene rings is 2. The van der Waals surface area contributed by atoms with Crippen LogP contribution in [0.1, 0.15) is 11.3 Å². The molecule has 3 aromatic rings. The van der Waals surface area contributed by atoms with E-state index in [2.05, 4.69) is 15.2 Å². The number of oxazole rings is 1. The molecular weight excluding hydrogens is 454 g/mol. The summed E-state index contributed by atoms with van der Waals surface area (Å²) in [5, 5.41) is 12.6. The number of aromatic nitrogens is 1. The van der Waals surface area contributed by atoms with E-state index >= 15 is 0 Å². The second kappa shape index (κ2) is 10.8. The summed E-state index contributed by atoms with van der Waals surface area (Å²) in [5.74, 6) is 0.567. The van der Waals surface area contributed by atoms with E-state index in [9.17, 15) is 13.7 Å². The van der Waals surface area contributed by atoms with Crippen LogP contribution in [0.4, 0.5) is 5.88 Å². The molecule has 0 unspecified atom stereocenters. The van der Waals surface area contributed by atoms with Crippen molar-refractivity contribution in [3.63, 3.8) is 0 Å². The van der Waals surface area contributed by atoms with Gasteiger partial charge in [0.1, 0.15) is 6.07 Å². The molecule has 1 aliphatic heterocycles. The van der Waals surface area contributed by atoms with Gasteiger partial charge in [-0.25, -0.2) is 8.42 Å². The molecule has 1 fully saturated rings. The van der Waals surface area contributed by atoms with Crippen LogP contribution in [0.2, 0.25) is 0 Å². The van der Waals surface area contributed by atoms with Crippen molar-refractivity contribution < 1.29 is 17.6 Å². The molecule has 34 heavy (non-hydrogen) atoms. The second-order valence-corrected chi connectivity index (χ2v) is 10.0. The quantitative estimate of drug-likeness (QED) is 0.497. The Morgan fingerprint density at radius 1 is 1.12 bits per heavy atom. The first-order valence-corrected chi connectivity index (χ1v) is 12.5. The molecule has 1 N–H and O–H groups in total. The molecule has 0 radical (unpaired) electrons. The minimum Gasteiger partial charge on any atom is -0.419 e. The van der Waals surface area contributed by atoms with Crippen molar-refractivity contribution in [1.82, 2.24) is 14.2 Å². The fourth-order valence-corrected chi connectivity index (χ4v) is 4.83. The van der Waals surface area contributed by atoms with E-state index in [1.807, 2.05) is 36.4 Å². The third-order valence-corrected chi connectivity index (χ3v) is 7.43. The maximum Gasteiger partial charge on any atom is 0.243 e. The Morgan fingerprint density at radius 3 is 2.50 bits per heavy atom. The van der Waals surface area contributed by atoms with Crippen molar-refractivity contribution in [1.29, 1.82) is 5.26 Å². The van der Waals surface area contributed by atoms with Crippen molar-refractivity contribution in [3.05, 3.63) is 65.9 Å².